The Balaban J connectivity index is 3.83. The minimum atomic E-state index is -2.00. The van der Waals surface area contributed by atoms with Crippen LogP contribution in [-0.4, -0.2) is 47.4 Å². The van der Waals surface area contributed by atoms with Crippen molar-refractivity contribution >= 4 is 11.9 Å². The molecule has 24 heavy (non-hydrogen) atoms. The Bertz CT molecular complexity index is 309. The molecular formula is C16H32N2O6. The molecule has 0 heterocycles. The minimum absolute atomic E-state index is 0.443. The molecule has 0 aromatic carbocycles. The number of hydrogen-bond acceptors (Lipinski definition) is 8. The maximum atomic E-state index is 11.5. The molecule has 4 N–H and O–H groups in total. The molecule has 0 rings (SSSR count). The van der Waals surface area contributed by atoms with Gasteiger partial charge in [0.1, 0.15) is 0 Å². The summed E-state index contributed by atoms with van der Waals surface area (Å²) in [5.41, 5.74) is 4.80. The van der Waals surface area contributed by atoms with E-state index in [1.807, 2.05) is 0 Å². The molecule has 2 unspecified atom stereocenters. The zero-order valence-corrected chi connectivity index (χ0v) is 14.8. The lowest BCUT2D eigenvalue weighted by atomic mass is 10.2. The lowest BCUT2D eigenvalue weighted by Crippen LogP contribution is -2.44. The van der Waals surface area contributed by atoms with Crippen LogP contribution in [-0.2, 0) is 19.3 Å². The number of hydroxylamine groups is 2. The van der Waals surface area contributed by atoms with Crippen LogP contribution in [0.5, 0.6) is 0 Å². The SMILES string of the molecule is CCCCCCNOC(=O)C(O)C(O)C(=O)ONCCCCCC. The summed E-state index contributed by atoms with van der Waals surface area (Å²) in [5.74, 6) is -2.25. The minimum Gasteiger partial charge on any atom is -0.379 e. The molecule has 142 valence electrons. The standard InChI is InChI=1S/C16H32N2O6/c1-3-5-7-9-11-17-23-15(21)13(19)14(20)16(22)24-18-12-10-8-6-4-2/h13-14,17-20H,3-12H2,1-2H3. The zero-order valence-electron chi connectivity index (χ0n) is 14.8. The summed E-state index contributed by atoms with van der Waals surface area (Å²) in [4.78, 5) is 32.2. The quantitative estimate of drug-likeness (QED) is 0.255. The summed E-state index contributed by atoms with van der Waals surface area (Å²) in [6.07, 6.45) is 4.03. The van der Waals surface area contributed by atoms with Crippen LogP contribution in [0.1, 0.15) is 65.2 Å². The number of aliphatic hydroxyl groups excluding tert-OH is 2. The van der Waals surface area contributed by atoms with Gasteiger partial charge in [-0.3, -0.25) is 0 Å². The number of aliphatic hydroxyl groups is 2. The number of carbonyl (C=O) groups is 2. The zero-order chi connectivity index (χ0) is 18.2. The molecule has 2 atom stereocenters. The van der Waals surface area contributed by atoms with E-state index in [0.29, 0.717) is 13.1 Å². The second-order valence-corrected chi connectivity index (χ2v) is 5.64. The van der Waals surface area contributed by atoms with E-state index in [4.69, 9.17) is 0 Å². The van der Waals surface area contributed by atoms with Gasteiger partial charge in [0.2, 0.25) is 0 Å². The van der Waals surface area contributed by atoms with Crippen LogP contribution in [0.3, 0.4) is 0 Å². The Hall–Kier alpha value is -1.22. The summed E-state index contributed by atoms with van der Waals surface area (Å²) in [7, 11) is 0. The summed E-state index contributed by atoms with van der Waals surface area (Å²) < 4.78 is 0. The van der Waals surface area contributed by atoms with E-state index < -0.39 is 24.1 Å². The van der Waals surface area contributed by atoms with E-state index in [2.05, 4.69) is 34.5 Å². The molecule has 0 aromatic rings. The first-order valence-electron chi connectivity index (χ1n) is 8.77. The Kier molecular flexibility index (Phi) is 14.5. The maximum Gasteiger partial charge on any atom is 0.356 e. The van der Waals surface area contributed by atoms with Crippen molar-refractivity contribution in [3.05, 3.63) is 0 Å². The van der Waals surface area contributed by atoms with Gasteiger partial charge in [-0.1, -0.05) is 52.4 Å². The second kappa shape index (κ2) is 15.3. The van der Waals surface area contributed by atoms with Gasteiger partial charge in [-0.25, -0.2) is 9.59 Å². The monoisotopic (exact) mass is 348 g/mol. The molecule has 0 aromatic heterocycles. The van der Waals surface area contributed by atoms with Crippen molar-refractivity contribution in [1.29, 1.82) is 0 Å². The first kappa shape index (κ1) is 22.8. The molecule has 0 aliphatic heterocycles. The van der Waals surface area contributed by atoms with E-state index in [1.165, 1.54) is 0 Å². The highest BCUT2D eigenvalue weighted by Crippen LogP contribution is 2.01. The number of nitrogens with one attached hydrogen (secondary N) is 2. The van der Waals surface area contributed by atoms with Gasteiger partial charge in [0, 0.05) is 13.1 Å². The van der Waals surface area contributed by atoms with Crippen molar-refractivity contribution in [1.82, 2.24) is 11.0 Å². The predicted molar refractivity (Wildman–Crippen MR) is 88.5 cm³/mol. The predicted octanol–water partition coefficient (Wildman–Crippen LogP) is 0.964. The second-order valence-electron chi connectivity index (χ2n) is 5.64. The van der Waals surface area contributed by atoms with Gasteiger partial charge >= 0.3 is 11.9 Å². The average molecular weight is 348 g/mol. The summed E-state index contributed by atoms with van der Waals surface area (Å²) in [6.45, 7) is 5.06. The third kappa shape index (κ3) is 11.3. The number of carbonyl (C=O) groups excluding carboxylic acids is 2. The maximum absolute atomic E-state index is 11.5. The van der Waals surface area contributed by atoms with Crippen LogP contribution in [0.2, 0.25) is 0 Å². The van der Waals surface area contributed by atoms with Crippen molar-refractivity contribution in [3.8, 4) is 0 Å². The fraction of sp³-hybridized carbons (Fsp3) is 0.875. The molecule has 0 aliphatic carbocycles. The summed E-state index contributed by atoms with van der Waals surface area (Å²) in [5, 5.41) is 19.2. The molecule has 8 nitrogen and oxygen atoms in total. The van der Waals surface area contributed by atoms with Crippen LogP contribution in [0.15, 0.2) is 0 Å². The van der Waals surface area contributed by atoms with E-state index in [1.54, 1.807) is 0 Å². The van der Waals surface area contributed by atoms with Crippen LogP contribution >= 0.6 is 0 Å². The first-order chi connectivity index (χ1) is 11.5. The Morgan fingerprint density at radius 2 is 1.12 bits per heavy atom. The molecule has 0 bridgehead atoms. The lowest BCUT2D eigenvalue weighted by Gasteiger charge is -2.15. The van der Waals surface area contributed by atoms with E-state index in [9.17, 15) is 19.8 Å². The van der Waals surface area contributed by atoms with Crippen molar-refractivity contribution in [3.63, 3.8) is 0 Å². The van der Waals surface area contributed by atoms with Crippen LogP contribution in [0.25, 0.3) is 0 Å². The molecule has 0 amide bonds. The Morgan fingerprint density at radius 3 is 1.46 bits per heavy atom. The average Bonchev–Trinajstić information content (AvgIpc) is 2.59. The highest BCUT2D eigenvalue weighted by Gasteiger charge is 2.33. The Morgan fingerprint density at radius 1 is 0.750 bits per heavy atom. The number of hydrogen-bond donors (Lipinski definition) is 4. The van der Waals surface area contributed by atoms with Crippen LogP contribution < -0.4 is 11.0 Å². The van der Waals surface area contributed by atoms with E-state index >= 15 is 0 Å². The third-order valence-corrected chi connectivity index (χ3v) is 3.39. The fourth-order valence-electron chi connectivity index (χ4n) is 1.87. The van der Waals surface area contributed by atoms with Gasteiger partial charge in [0.15, 0.2) is 12.2 Å². The highest BCUT2D eigenvalue weighted by atomic mass is 16.7. The molecule has 0 fully saturated rings. The van der Waals surface area contributed by atoms with Crippen molar-refractivity contribution in [2.75, 3.05) is 13.1 Å². The molecular weight excluding hydrogens is 316 g/mol. The highest BCUT2D eigenvalue weighted by molar-refractivity contribution is 5.84. The first-order valence-corrected chi connectivity index (χ1v) is 8.77. The molecule has 0 saturated heterocycles. The van der Waals surface area contributed by atoms with Gasteiger partial charge in [0.25, 0.3) is 0 Å². The van der Waals surface area contributed by atoms with Crippen molar-refractivity contribution < 1.29 is 29.5 Å². The molecule has 0 spiro atoms. The van der Waals surface area contributed by atoms with E-state index in [-0.39, 0.29) is 0 Å². The molecule has 8 heteroatoms. The number of unbranched alkanes of at least 4 members (excludes halogenated alkanes) is 6. The topological polar surface area (TPSA) is 117 Å². The van der Waals surface area contributed by atoms with Gasteiger partial charge in [-0.15, -0.1) is 0 Å². The van der Waals surface area contributed by atoms with Crippen LogP contribution in [0.4, 0.5) is 0 Å². The van der Waals surface area contributed by atoms with Gasteiger partial charge in [-0.2, -0.15) is 11.0 Å². The Labute approximate surface area is 143 Å². The van der Waals surface area contributed by atoms with Crippen molar-refractivity contribution in [2.45, 2.75) is 77.4 Å². The summed E-state index contributed by atoms with van der Waals surface area (Å²) >= 11 is 0. The number of rotatable bonds is 15. The normalized spacial score (nSPS) is 13.3. The molecule has 0 aliphatic rings. The largest absolute Gasteiger partial charge is 0.379 e. The van der Waals surface area contributed by atoms with Crippen LogP contribution in [0, 0.1) is 0 Å². The summed E-state index contributed by atoms with van der Waals surface area (Å²) in [6, 6.07) is 0. The van der Waals surface area contributed by atoms with E-state index in [0.717, 1.165) is 51.4 Å². The van der Waals surface area contributed by atoms with Gasteiger partial charge in [0.05, 0.1) is 0 Å². The van der Waals surface area contributed by atoms with Gasteiger partial charge < -0.3 is 19.9 Å². The molecule has 0 radical (unpaired) electrons. The van der Waals surface area contributed by atoms with Crippen molar-refractivity contribution in [2.24, 2.45) is 0 Å². The third-order valence-electron chi connectivity index (χ3n) is 3.39. The molecule has 0 saturated carbocycles. The van der Waals surface area contributed by atoms with Gasteiger partial charge in [-0.05, 0) is 12.8 Å². The fourth-order valence-corrected chi connectivity index (χ4v) is 1.87. The lowest BCUT2D eigenvalue weighted by molar-refractivity contribution is -0.181. The smallest absolute Gasteiger partial charge is 0.356 e.